The van der Waals surface area contributed by atoms with E-state index in [4.69, 9.17) is 4.74 Å². The molecule has 1 amide bonds. The number of hydrogen-bond donors (Lipinski definition) is 1. The van der Waals surface area contributed by atoms with E-state index in [2.05, 4.69) is 10.4 Å². The minimum absolute atomic E-state index is 0.0391. The van der Waals surface area contributed by atoms with Gasteiger partial charge in [0.1, 0.15) is 10.6 Å². The summed E-state index contributed by atoms with van der Waals surface area (Å²) in [6, 6.07) is 6.53. The van der Waals surface area contributed by atoms with Gasteiger partial charge in [-0.3, -0.25) is 9.48 Å². The van der Waals surface area contributed by atoms with Crippen molar-refractivity contribution in [3.05, 3.63) is 41.2 Å². The molecule has 0 unspecified atom stereocenters. The predicted molar refractivity (Wildman–Crippen MR) is 110 cm³/mol. The smallest absolute Gasteiger partial charge is 0.251 e. The second-order valence-electron chi connectivity index (χ2n) is 7.24. The third-order valence-electron chi connectivity index (χ3n) is 5.04. The monoisotopic (exact) mass is 420 g/mol. The van der Waals surface area contributed by atoms with Gasteiger partial charge in [0.05, 0.1) is 12.8 Å². The number of ether oxygens (including phenoxy) is 1. The average molecular weight is 421 g/mol. The van der Waals surface area contributed by atoms with Crippen LogP contribution in [0.2, 0.25) is 0 Å². The minimum Gasteiger partial charge on any atom is -0.495 e. The fourth-order valence-electron chi connectivity index (χ4n) is 3.52. The quantitative estimate of drug-likeness (QED) is 0.660. The molecule has 2 heterocycles. The van der Waals surface area contributed by atoms with Crippen LogP contribution in [-0.2, 0) is 16.6 Å². The largest absolute Gasteiger partial charge is 0.495 e. The van der Waals surface area contributed by atoms with Crippen LogP contribution in [-0.4, -0.2) is 55.2 Å². The minimum atomic E-state index is -3.68. The summed E-state index contributed by atoms with van der Waals surface area (Å²) in [5.41, 5.74) is 2.35. The highest BCUT2D eigenvalue weighted by atomic mass is 32.2. The van der Waals surface area contributed by atoms with Crippen molar-refractivity contribution in [3.8, 4) is 5.75 Å². The Labute approximate surface area is 171 Å². The lowest BCUT2D eigenvalue weighted by Gasteiger charge is -2.18. The van der Waals surface area contributed by atoms with Crippen molar-refractivity contribution in [2.24, 2.45) is 0 Å². The number of sulfonamides is 1. The van der Waals surface area contributed by atoms with Crippen molar-refractivity contribution in [1.82, 2.24) is 19.4 Å². The molecule has 1 aromatic heterocycles. The van der Waals surface area contributed by atoms with Gasteiger partial charge in [0.2, 0.25) is 10.0 Å². The van der Waals surface area contributed by atoms with E-state index in [0.717, 1.165) is 30.7 Å². The number of aryl methyl sites for hydroxylation is 3. The van der Waals surface area contributed by atoms with Gasteiger partial charge in [0.15, 0.2) is 0 Å². The molecule has 0 spiro atoms. The number of carbonyl (C=O) groups is 1. The molecule has 3 rings (SSSR count). The van der Waals surface area contributed by atoms with E-state index in [9.17, 15) is 13.2 Å². The number of amides is 1. The Bertz CT molecular complexity index is 978. The molecule has 8 nitrogen and oxygen atoms in total. The number of aromatic nitrogens is 2. The highest BCUT2D eigenvalue weighted by Gasteiger charge is 2.30. The van der Waals surface area contributed by atoms with Gasteiger partial charge < -0.3 is 10.1 Å². The highest BCUT2D eigenvalue weighted by molar-refractivity contribution is 7.89. The molecule has 1 aliphatic heterocycles. The van der Waals surface area contributed by atoms with Crippen LogP contribution in [0.4, 0.5) is 0 Å². The molecule has 0 atom stereocenters. The lowest BCUT2D eigenvalue weighted by Crippen LogP contribution is -2.29. The first-order valence-electron chi connectivity index (χ1n) is 9.80. The molecule has 9 heteroatoms. The summed E-state index contributed by atoms with van der Waals surface area (Å²) in [5, 5.41) is 7.25. The van der Waals surface area contributed by atoms with E-state index < -0.39 is 10.0 Å². The molecule has 1 N–H and O–H groups in total. The van der Waals surface area contributed by atoms with Crippen LogP contribution in [0, 0.1) is 13.8 Å². The van der Waals surface area contributed by atoms with Crippen molar-refractivity contribution in [3.63, 3.8) is 0 Å². The van der Waals surface area contributed by atoms with Gasteiger partial charge in [-0.05, 0) is 57.4 Å². The lowest BCUT2D eigenvalue weighted by molar-refractivity contribution is 0.0952. The van der Waals surface area contributed by atoms with Crippen LogP contribution in [0.15, 0.2) is 29.2 Å². The zero-order valence-corrected chi connectivity index (χ0v) is 18.0. The molecule has 1 aromatic carbocycles. The topological polar surface area (TPSA) is 93.5 Å². The van der Waals surface area contributed by atoms with E-state index in [1.807, 2.05) is 24.6 Å². The standard InChI is InChI=1S/C20H28N4O4S/c1-15-13-16(2)24(22-15)12-6-9-21-20(25)17-7-8-18(28-3)19(14-17)29(26,27)23-10-4-5-11-23/h7-8,13-14H,4-6,9-12H2,1-3H3,(H,21,25). The molecular weight excluding hydrogens is 392 g/mol. The van der Waals surface area contributed by atoms with Crippen molar-refractivity contribution >= 4 is 15.9 Å². The van der Waals surface area contributed by atoms with Crippen molar-refractivity contribution in [1.29, 1.82) is 0 Å². The number of hydrogen-bond acceptors (Lipinski definition) is 5. The number of methoxy groups -OCH3 is 1. The molecule has 158 valence electrons. The van der Waals surface area contributed by atoms with E-state index in [0.29, 0.717) is 31.7 Å². The lowest BCUT2D eigenvalue weighted by atomic mass is 10.2. The Morgan fingerprint density at radius 1 is 1.21 bits per heavy atom. The third-order valence-corrected chi connectivity index (χ3v) is 6.96. The molecule has 1 saturated heterocycles. The number of carbonyl (C=O) groups excluding carboxylic acids is 1. The molecule has 0 bridgehead atoms. The van der Waals surface area contributed by atoms with Crippen molar-refractivity contribution < 1.29 is 17.9 Å². The third kappa shape index (κ3) is 4.79. The first-order chi connectivity index (χ1) is 13.8. The second kappa shape index (κ2) is 8.96. The normalized spacial score (nSPS) is 14.9. The number of nitrogens with zero attached hydrogens (tertiary/aromatic N) is 3. The van der Waals surface area contributed by atoms with Gasteiger partial charge in [-0.1, -0.05) is 0 Å². The van der Waals surface area contributed by atoms with Gasteiger partial charge in [-0.25, -0.2) is 8.42 Å². The zero-order valence-electron chi connectivity index (χ0n) is 17.1. The van der Waals surface area contributed by atoms with Gasteiger partial charge in [0.25, 0.3) is 5.91 Å². The van der Waals surface area contributed by atoms with Gasteiger partial charge in [-0.15, -0.1) is 0 Å². The summed E-state index contributed by atoms with van der Waals surface area (Å²) < 4.78 is 34.5. The molecule has 0 radical (unpaired) electrons. The van der Waals surface area contributed by atoms with Crippen LogP contribution in [0.25, 0.3) is 0 Å². The predicted octanol–water partition coefficient (Wildman–Crippen LogP) is 2.11. The van der Waals surface area contributed by atoms with E-state index in [-0.39, 0.29) is 16.6 Å². The average Bonchev–Trinajstić information content (AvgIpc) is 3.34. The SMILES string of the molecule is COc1ccc(C(=O)NCCCn2nc(C)cc2C)cc1S(=O)(=O)N1CCCC1. The van der Waals surface area contributed by atoms with Crippen LogP contribution in [0.3, 0.4) is 0 Å². The first kappa shape index (κ1) is 21.3. The molecule has 0 saturated carbocycles. The first-order valence-corrected chi connectivity index (χ1v) is 11.2. The van der Waals surface area contributed by atoms with Gasteiger partial charge in [-0.2, -0.15) is 9.40 Å². The fraction of sp³-hybridized carbons (Fsp3) is 0.500. The molecule has 1 fully saturated rings. The number of rotatable bonds is 8. The Kier molecular flexibility index (Phi) is 6.59. The van der Waals surface area contributed by atoms with Gasteiger partial charge >= 0.3 is 0 Å². The zero-order chi connectivity index (χ0) is 21.0. The van der Waals surface area contributed by atoms with Crippen LogP contribution < -0.4 is 10.1 Å². The highest BCUT2D eigenvalue weighted by Crippen LogP contribution is 2.29. The van der Waals surface area contributed by atoms with E-state index in [1.54, 1.807) is 6.07 Å². The number of benzene rings is 1. The van der Waals surface area contributed by atoms with Crippen LogP contribution in [0.1, 0.15) is 41.0 Å². The Morgan fingerprint density at radius 2 is 1.93 bits per heavy atom. The Balaban J connectivity index is 1.66. The summed E-state index contributed by atoms with van der Waals surface area (Å²) in [6.45, 7) is 6.11. The summed E-state index contributed by atoms with van der Waals surface area (Å²) in [4.78, 5) is 12.6. The summed E-state index contributed by atoms with van der Waals surface area (Å²) >= 11 is 0. The summed E-state index contributed by atoms with van der Waals surface area (Å²) in [6.07, 6.45) is 2.41. The Hall–Kier alpha value is -2.39. The van der Waals surface area contributed by atoms with Crippen molar-refractivity contribution in [2.75, 3.05) is 26.7 Å². The maximum absolute atomic E-state index is 12.9. The maximum Gasteiger partial charge on any atom is 0.251 e. The Morgan fingerprint density at radius 3 is 2.55 bits per heavy atom. The van der Waals surface area contributed by atoms with Crippen molar-refractivity contribution in [2.45, 2.75) is 44.6 Å². The molecule has 1 aliphatic rings. The van der Waals surface area contributed by atoms with E-state index in [1.165, 1.54) is 23.5 Å². The molecule has 2 aromatic rings. The maximum atomic E-state index is 12.9. The summed E-state index contributed by atoms with van der Waals surface area (Å²) in [7, 11) is -2.26. The fourth-order valence-corrected chi connectivity index (χ4v) is 5.22. The van der Waals surface area contributed by atoms with Gasteiger partial charge in [0, 0.05) is 37.4 Å². The molecule has 29 heavy (non-hydrogen) atoms. The second-order valence-corrected chi connectivity index (χ2v) is 9.14. The summed E-state index contributed by atoms with van der Waals surface area (Å²) in [5.74, 6) is -0.0585. The van der Waals surface area contributed by atoms with Crippen LogP contribution in [0.5, 0.6) is 5.75 Å². The molecular formula is C20H28N4O4S. The van der Waals surface area contributed by atoms with E-state index >= 15 is 0 Å². The molecule has 0 aliphatic carbocycles. The van der Waals surface area contributed by atoms with Crippen LogP contribution >= 0.6 is 0 Å². The number of nitrogens with one attached hydrogen (secondary N) is 1.